The molecular weight excluding hydrogens is 588 g/mol. The molecule has 1 saturated heterocycles. The molecule has 0 spiro atoms. The lowest BCUT2D eigenvalue weighted by molar-refractivity contribution is -0.385. The molecule has 3 aromatic carbocycles. The molecule has 44 heavy (non-hydrogen) atoms. The van der Waals surface area contributed by atoms with Crippen molar-refractivity contribution in [1.82, 2.24) is 0 Å². The van der Waals surface area contributed by atoms with E-state index in [2.05, 4.69) is 0 Å². The Labute approximate surface area is 245 Å². The molecule has 1 aliphatic rings. The SMILES string of the molecule is N#CC1OC(COC(=O)c2ccc([N+](=O)[O-])cc2)C(OC(=O)c2ccc([N+](=O)[O-])cc2)C1OC(=O)c1ccc([N+](=O)[O-])cc1. The number of hydrogen-bond acceptors (Lipinski definition) is 14. The molecule has 3 aromatic rings. The highest BCUT2D eigenvalue weighted by molar-refractivity contribution is 5.91. The highest BCUT2D eigenvalue weighted by atomic mass is 16.7. The zero-order valence-corrected chi connectivity index (χ0v) is 22.0. The second kappa shape index (κ2) is 13.1. The standard InChI is InChI=1S/C27H18N4O13/c28-13-21-23(43-26(33)16-3-9-19(10-4-16)30(37)38)24(44-27(34)17-5-11-20(12-6-17)31(39)40)22(42-21)14-41-25(32)15-1-7-18(8-2-15)29(35)36/h1-12,21-24H,14H2. The number of nitrogens with zero attached hydrogens (tertiary/aromatic N) is 4. The maximum Gasteiger partial charge on any atom is 0.338 e. The predicted molar refractivity (Wildman–Crippen MR) is 142 cm³/mol. The Balaban J connectivity index is 1.56. The fraction of sp³-hybridized carbons (Fsp3) is 0.185. The molecule has 4 unspecified atom stereocenters. The first-order chi connectivity index (χ1) is 21.0. The Morgan fingerprint density at radius 3 is 1.39 bits per heavy atom. The number of ether oxygens (including phenoxy) is 4. The fourth-order valence-corrected chi connectivity index (χ4v) is 4.02. The van der Waals surface area contributed by atoms with Gasteiger partial charge in [-0.15, -0.1) is 0 Å². The average molecular weight is 606 g/mol. The zero-order chi connectivity index (χ0) is 32.0. The molecule has 0 amide bonds. The summed E-state index contributed by atoms with van der Waals surface area (Å²) in [6.07, 6.45) is -6.02. The van der Waals surface area contributed by atoms with Gasteiger partial charge in [-0.1, -0.05) is 0 Å². The monoisotopic (exact) mass is 606 g/mol. The summed E-state index contributed by atoms with van der Waals surface area (Å²) in [6, 6.07) is 14.9. The summed E-state index contributed by atoms with van der Waals surface area (Å²) in [4.78, 5) is 69.2. The molecule has 224 valence electrons. The molecule has 0 aromatic heterocycles. The van der Waals surface area contributed by atoms with Crippen LogP contribution in [0.5, 0.6) is 0 Å². The van der Waals surface area contributed by atoms with Gasteiger partial charge in [0.2, 0.25) is 0 Å². The van der Waals surface area contributed by atoms with E-state index in [0.29, 0.717) is 0 Å². The summed E-state index contributed by atoms with van der Waals surface area (Å²) in [7, 11) is 0. The Bertz CT molecular complexity index is 1650. The molecule has 1 heterocycles. The second-order valence-corrected chi connectivity index (χ2v) is 8.97. The third kappa shape index (κ3) is 6.95. The van der Waals surface area contributed by atoms with E-state index in [-0.39, 0.29) is 33.8 Å². The lowest BCUT2D eigenvalue weighted by atomic mass is 10.1. The summed E-state index contributed by atoms with van der Waals surface area (Å²) in [5, 5.41) is 42.5. The van der Waals surface area contributed by atoms with E-state index in [9.17, 15) is 50.0 Å². The summed E-state index contributed by atoms with van der Waals surface area (Å²) in [6.45, 7) is -0.627. The van der Waals surface area contributed by atoms with E-state index < -0.39 is 63.7 Å². The number of nitro groups is 3. The second-order valence-electron chi connectivity index (χ2n) is 8.97. The van der Waals surface area contributed by atoms with Gasteiger partial charge in [-0.2, -0.15) is 5.26 Å². The van der Waals surface area contributed by atoms with Gasteiger partial charge in [-0.3, -0.25) is 30.3 Å². The Morgan fingerprint density at radius 2 is 1.02 bits per heavy atom. The van der Waals surface area contributed by atoms with Gasteiger partial charge < -0.3 is 18.9 Å². The highest BCUT2D eigenvalue weighted by Crippen LogP contribution is 2.29. The van der Waals surface area contributed by atoms with Crippen molar-refractivity contribution in [2.24, 2.45) is 0 Å². The van der Waals surface area contributed by atoms with Crippen molar-refractivity contribution in [3.05, 3.63) is 120 Å². The van der Waals surface area contributed by atoms with Crippen molar-refractivity contribution in [3.8, 4) is 6.07 Å². The van der Waals surface area contributed by atoms with Crippen LogP contribution in [0.15, 0.2) is 72.8 Å². The topological polar surface area (TPSA) is 241 Å². The number of nitro benzene ring substituents is 3. The summed E-state index contributed by atoms with van der Waals surface area (Å²) in [5.41, 5.74) is -1.22. The molecule has 1 fully saturated rings. The van der Waals surface area contributed by atoms with Crippen LogP contribution in [0.25, 0.3) is 0 Å². The molecule has 0 aliphatic carbocycles. The molecule has 0 bridgehead atoms. The van der Waals surface area contributed by atoms with Gasteiger partial charge in [0.1, 0.15) is 12.7 Å². The van der Waals surface area contributed by atoms with E-state index in [1.54, 1.807) is 6.07 Å². The van der Waals surface area contributed by atoms with Crippen LogP contribution in [0.3, 0.4) is 0 Å². The van der Waals surface area contributed by atoms with Crippen molar-refractivity contribution in [2.45, 2.75) is 24.4 Å². The Hall–Kier alpha value is -6.28. The van der Waals surface area contributed by atoms with Gasteiger partial charge in [-0.25, -0.2) is 14.4 Å². The van der Waals surface area contributed by atoms with Crippen LogP contribution in [-0.2, 0) is 18.9 Å². The van der Waals surface area contributed by atoms with Crippen LogP contribution in [0.4, 0.5) is 17.1 Å². The first-order valence-electron chi connectivity index (χ1n) is 12.4. The number of benzene rings is 3. The molecule has 17 heteroatoms. The lowest BCUT2D eigenvalue weighted by Gasteiger charge is -2.23. The molecule has 0 saturated carbocycles. The van der Waals surface area contributed by atoms with E-state index in [4.69, 9.17) is 18.9 Å². The number of carbonyl (C=O) groups excluding carboxylic acids is 3. The first kappa shape index (κ1) is 30.7. The van der Waals surface area contributed by atoms with Crippen LogP contribution < -0.4 is 0 Å². The van der Waals surface area contributed by atoms with Crippen molar-refractivity contribution in [3.63, 3.8) is 0 Å². The first-order valence-corrected chi connectivity index (χ1v) is 12.4. The highest BCUT2D eigenvalue weighted by Gasteiger charge is 2.50. The molecule has 0 radical (unpaired) electrons. The summed E-state index contributed by atoms with van der Waals surface area (Å²) in [5.74, 6) is -3.03. The Kier molecular flexibility index (Phi) is 9.16. The molecule has 17 nitrogen and oxygen atoms in total. The van der Waals surface area contributed by atoms with Crippen LogP contribution in [0.2, 0.25) is 0 Å². The third-order valence-electron chi connectivity index (χ3n) is 6.24. The van der Waals surface area contributed by atoms with Gasteiger partial charge in [0, 0.05) is 36.4 Å². The smallest absolute Gasteiger partial charge is 0.338 e. The zero-order valence-electron chi connectivity index (χ0n) is 22.0. The van der Waals surface area contributed by atoms with E-state index in [0.717, 1.165) is 72.8 Å². The minimum absolute atomic E-state index is 0.0639. The van der Waals surface area contributed by atoms with Crippen molar-refractivity contribution in [2.75, 3.05) is 6.61 Å². The van der Waals surface area contributed by atoms with Crippen molar-refractivity contribution < 1.29 is 48.1 Å². The number of carbonyl (C=O) groups is 3. The molecule has 4 atom stereocenters. The third-order valence-corrected chi connectivity index (χ3v) is 6.24. The van der Waals surface area contributed by atoms with Gasteiger partial charge >= 0.3 is 17.9 Å². The fourth-order valence-electron chi connectivity index (χ4n) is 4.02. The summed E-state index contributed by atoms with van der Waals surface area (Å²) < 4.78 is 21.7. The van der Waals surface area contributed by atoms with E-state index >= 15 is 0 Å². The van der Waals surface area contributed by atoms with Crippen LogP contribution in [0, 0.1) is 41.7 Å². The predicted octanol–water partition coefficient (Wildman–Crippen LogP) is 3.31. The molecular formula is C27H18N4O13. The number of esters is 3. The number of nitriles is 1. The minimum atomic E-state index is -1.58. The largest absolute Gasteiger partial charge is 0.459 e. The van der Waals surface area contributed by atoms with Crippen LogP contribution in [0.1, 0.15) is 31.1 Å². The van der Waals surface area contributed by atoms with E-state index in [1.807, 2.05) is 0 Å². The quantitative estimate of drug-likeness (QED) is 0.139. The Morgan fingerprint density at radius 1 is 0.659 bits per heavy atom. The van der Waals surface area contributed by atoms with Gasteiger partial charge in [0.05, 0.1) is 37.5 Å². The average Bonchev–Trinajstić information content (AvgIpc) is 3.35. The maximum atomic E-state index is 13.0. The van der Waals surface area contributed by atoms with Crippen molar-refractivity contribution in [1.29, 1.82) is 5.26 Å². The van der Waals surface area contributed by atoms with Crippen LogP contribution in [-0.4, -0.2) is 63.7 Å². The van der Waals surface area contributed by atoms with Crippen molar-refractivity contribution >= 4 is 35.0 Å². The normalized spacial score (nSPS) is 18.8. The summed E-state index contributed by atoms with van der Waals surface area (Å²) >= 11 is 0. The van der Waals surface area contributed by atoms with Gasteiger partial charge in [0.15, 0.2) is 18.3 Å². The minimum Gasteiger partial charge on any atom is -0.459 e. The van der Waals surface area contributed by atoms with Gasteiger partial charge in [0.25, 0.3) is 17.1 Å². The number of non-ortho nitro benzene ring substituents is 3. The van der Waals surface area contributed by atoms with Gasteiger partial charge in [-0.05, 0) is 36.4 Å². The van der Waals surface area contributed by atoms with Crippen LogP contribution >= 0.6 is 0 Å². The van der Waals surface area contributed by atoms with E-state index in [1.165, 1.54) is 0 Å². The molecule has 0 N–H and O–H groups in total. The maximum absolute atomic E-state index is 13.0. The number of hydrogen-bond donors (Lipinski definition) is 0. The molecule has 4 rings (SSSR count). The molecule has 1 aliphatic heterocycles. The lowest BCUT2D eigenvalue weighted by Crippen LogP contribution is -2.41. The number of rotatable bonds is 10.